The maximum absolute atomic E-state index is 9.48. The zero-order chi connectivity index (χ0) is 8.97. The van der Waals surface area contributed by atoms with Crippen LogP contribution < -0.4 is 0 Å². The van der Waals surface area contributed by atoms with Crippen LogP contribution in [0.5, 0.6) is 0 Å². The van der Waals surface area contributed by atoms with E-state index in [2.05, 4.69) is 0 Å². The summed E-state index contributed by atoms with van der Waals surface area (Å²) >= 11 is 5.69. The van der Waals surface area contributed by atoms with Crippen molar-refractivity contribution in [3.8, 4) is 0 Å². The smallest absolute Gasteiger partial charge is 0.0971 e. The number of halogens is 1. The molecule has 0 spiro atoms. The second-order valence-corrected chi connectivity index (χ2v) is 2.96. The van der Waals surface area contributed by atoms with E-state index < -0.39 is 6.10 Å². The van der Waals surface area contributed by atoms with Crippen LogP contribution in [0.15, 0.2) is 36.4 Å². The summed E-state index contributed by atoms with van der Waals surface area (Å²) in [7, 11) is 0. The molecule has 0 aromatic heterocycles. The standard InChI is InChI=1S/C10H11ClO/c1-2-3-10(12)8-4-6-9(11)7-5-8/h2-7,10,12H,1H3/b3-2+/t10-/m1/s1. The van der Waals surface area contributed by atoms with Crippen molar-refractivity contribution < 1.29 is 5.11 Å². The van der Waals surface area contributed by atoms with Crippen molar-refractivity contribution in [3.05, 3.63) is 47.0 Å². The molecule has 1 nitrogen and oxygen atoms in total. The van der Waals surface area contributed by atoms with Crippen LogP contribution in [0.25, 0.3) is 0 Å². The molecule has 1 aromatic rings. The third-order valence-corrected chi connectivity index (χ3v) is 1.84. The summed E-state index contributed by atoms with van der Waals surface area (Å²) in [6.07, 6.45) is 3.02. The van der Waals surface area contributed by atoms with E-state index in [-0.39, 0.29) is 0 Å². The maximum Gasteiger partial charge on any atom is 0.0971 e. The normalized spacial score (nSPS) is 13.6. The summed E-state index contributed by atoms with van der Waals surface area (Å²) in [5.41, 5.74) is 0.859. The van der Waals surface area contributed by atoms with Crippen molar-refractivity contribution in [2.24, 2.45) is 0 Å². The fourth-order valence-corrected chi connectivity index (χ4v) is 1.08. The molecule has 1 rings (SSSR count). The first-order chi connectivity index (χ1) is 5.74. The number of allylic oxidation sites excluding steroid dienone is 1. The molecule has 0 fully saturated rings. The van der Waals surface area contributed by atoms with Gasteiger partial charge in [0.25, 0.3) is 0 Å². The van der Waals surface area contributed by atoms with Gasteiger partial charge in [0.15, 0.2) is 0 Å². The molecular formula is C10H11ClO. The predicted octanol–water partition coefficient (Wildman–Crippen LogP) is 2.95. The monoisotopic (exact) mass is 182 g/mol. The van der Waals surface area contributed by atoms with Crippen LogP contribution in [-0.2, 0) is 0 Å². The minimum atomic E-state index is -0.521. The van der Waals surface area contributed by atoms with Crippen molar-refractivity contribution in [2.75, 3.05) is 0 Å². The molecule has 0 saturated heterocycles. The Kier molecular flexibility index (Phi) is 3.32. The Labute approximate surface area is 77.3 Å². The van der Waals surface area contributed by atoms with Gasteiger partial charge >= 0.3 is 0 Å². The summed E-state index contributed by atoms with van der Waals surface area (Å²) in [6.45, 7) is 1.87. The molecule has 0 amide bonds. The summed E-state index contributed by atoms with van der Waals surface area (Å²) in [4.78, 5) is 0. The van der Waals surface area contributed by atoms with Gasteiger partial charge in [-0.25, -0.2) is 0 Å². The highest BCUT2D eigenvalue weighted by atomic mass is 35.5. The summed E-state index contributed by atoms with van der Waals surface area (Å²) in [6, 6.07) is 7.16. The molecule has 1 N–H and O–H groups in total. The molecule has 12 heavy (non-hydrogen) atoms. The molecule has 64 valence electrons. The molecule has 0 aliphatic rings. The molecule has 2 heteroatoms. The van der Waals surface area contributed by atoms with E-state index >= 15 is 0 Å². The summed E-state index contributed by atoms with van der Waals surface area (Å²) in [5.74, 6) is 0. The molecule has 1 atom stereocenters. The van der Waals surface area contributed by atoms with Crippen molar-refractivity contribution in [1.29, 1.82) is 0 Å². The van der Waals surface area contributed by atoms with Crippen molar-refractivity contribution in [3.63, 3.8) is 0 Å². The lowest BCUT2D eigenvalue weighted by Gasteiger charge is -2.04. The Morgan fingerprint density at radius 2 is 1.92 bits per heavy atom. The highest BCUT2D eigenvalue weighted by Crippen LogP contribution is 2.16. The minimum Gasteiger partial charge on any atom is -0.384 e. The molecule has 0 radical (unpaired) electrons. The molecule has 0 bridgehead atoms. The zero-order valence-corrected chi connectivity index (χ0v) is 7.62. The first kappa shape index (κ1) is 9.30. The molecule has 1 aromatic carbocycles. The molecule has 0 saturated carbocycles. The number of hydrogen-bond donors (Lipinski definition) is 1. The van der Waals surface area contributed by atoms with Gasteiger partial charge < -0.3 is 5.11 Å². The van der Waals surface area contributed by atoms with Gasteiger partial charge in [0.2, 0.25) is 0 Å². The largest absolute Gasteiger partial charge is 0.384 e. The molecule has 0 unspecified atom stereocenters. The van der Waals surface area contributed by atoms with Crippen LogP contribution in [0.3, 0.4) is 0 Å². The van der Waals surface area contributed by atoms with Crippen LogP contribution in [0.4, 0.5) is 0 Å². The third-order valence-electron chi connectivity index (χ3n) is 1.59. The summed E-state index contributed by atoms with van der Waals surface area (Å²) < 4.78 is 0. The quantitative estimate of drug-likeness (QED) is 0.698. The van der Waals surface area contributed by atoms with Crippen molar-refractivity contribution in [1.82, 2.24) is 0 Å². The SMILES string of the molecule is C/C=C/[C@@H](O)c1ccc(Cl)cc1. The fraction of sp³-hybridized carbons (Fsp3) is 0.200. The van der Waals surface area contributed by atoms with Crippen LogP contribution in [0.2, 0.25) is 5.02 Å². The van der Waals surface area contributed by atoms with Crippen LogP contribution >= 0.6 is 11.6 Å². The number of benzene rings is 1. The number of aliphatic hydroxyl groups excluding tert-OH is 1. The molecular weight excluding hydrogens is 172 g/mol. The second-order valence-electron chi connectivity index (χ2n) is 2.52. The Morgan fingerprint density at radius 3 is 2.42 bits per heavy atom. The van der Waals surface area contributed by atoms with Crippen LogP contribution in [0.1, 0.15) is 18.6 Å². The van der Waals surface area contributed by atoms with Gasteiger partial charge in [0, 0.05) is 5.02 Å². The van der Waals surface area contributed by atoms with Gasteiger partial charge in [-0.15, -0.1) is 0 Å². The van der Waals surface area contributed by atoms with Gasteiger partial charge in [-0.2, -0.15) is 0 Å². The lowest BCUT2D eigenvalue weighted by Crippen LogP contribution is -1.91. The van der Waals surface area contributed by atoms with E-state index in [4.69, 9.17) is 11.6 Å². The van der Waals surface area contributed by atoms with E-state index in [1.54, 1.807) is 18.2 Å². The van der Waals surface area contributed by atoms with E-state index in [0.29, 0.717) is 5.02 Å². The van der Waals surface area contributed by atoms with E-state index in [0.717, 1.165) is 5.56 Å². The van der Waals surface area contributed by atoms with Gasteiger partial charge in [0.05, 0.1) is 6.10 Å². The average molecular weight is 183 g/mol. The van der Waals surface area contributed by atoms with Gasteiger partial charge in [-0.05, 0) is 24.6 Å². The molecule has 0 aliphatic carbocycles. The van der Waals surface area contributed by atoms with Gasteiger partial charge in [-0.3, -0.25) is 0 Å². The fourth-order valence-electron chi connectivity index (χ4n) is 0.953. The van der Waals surface area contributed by atoms with E-state index in [9.17, 15) is 5.11 Å². The lowest BCUT2D eigenvalue weighted by atomic mass is 10.1. The lowest BCUT2D eigenvalue weighted by molar-refractivity contribution is 0.228. The Hall–Kier alpha value is -0.790. The Balaban J connectivity index is 2.82. The molecule has 0 heterocycles. The van der Waals surface area contributed by atoms with Gasteiger partial charge in [0.1, 0.15) is 0 Å². The third kappa shape index (κ3) is 2.36. The van der Waals surface area contributed by atoms with Crippen molar-refractivity contribution >= 4 is 11.6 Å². The minimum absolute atomic E-state index is 0.521. The van der Waals surface area contributed by atoms with Crippen LogP contribution in [-0.4, -0.2) is 5.11 Å². The zero-order valence-electron chi connectivity index (χ0n) is 6.87. The topological polar surface area (TPSA) is 20.2 Å². The Bertz CT molecular complexity index is 264. The Morgan fingerprint density at radius 1 is 1.33 bits per heavy atom. The maximum atomic E-state index is 9.48. The van der Waals surface area contributed by atoms with Gasteiger partial charge in [-0.1, -0.05) is 35.9 Å². The highest BCUT2D eigenvalue weighted by Gasteiger charge is 2.00. The van der Waals surface area contributed by atoms with Crippen molar-refractivity contribution in [2.45, 2.75) is 13.0 Å². The van der Waals surface area contributed by atoms with E-state index in [1.165, 1.54) is 0 Å². The first-order valence-electron chi connectivity index (χ1n) is 3.80. The highest BCUT2D eigenvalue weighted by molar-refractivity contribution is 6.30. The second kappa shape index (κ2) is 4.29. The van der Waals surface area contributed by atoms with E-state index in [1.807, 2.05) is 25.1 Å². The predicted molar refractivity (Wildman–Crippen MR) is 51.2 cm³/mol. The number of aliphatic hydroxyl groups is 1. The molecule has 0 aliphatic heterocycles. The number of hydrogen-bond acceptors (Lipinski definition) is 1. The average Bonchev–Trinajstić information content (AvgIpc) is 2.06. The number of rotatable bonds is 2. The summed E-state index contributed by atoms with van der Waals surface area (Å²) in [5, 5.41) is 10.2. The van der Waals surface area contributed by atoms with Crippen LogP contribution in [0, 0.1) is 0 Å². The first-order valence-corrected chi connectivity index (χ1v) is 4.18.